The van der Waals surface area contributed by atoms with Gasteiger partial charge < -0.3 is 20.7 Å². The van der Waals surface area contributed by atoms with Crippen molar-refractivity contribution in [2.75, 3.05) is 0 Å². The summed E-state index contributed by atoms with van der Waals surface area (Å²) in [4.78, 5) is 39.3. The summed E-state index contributed by atoms with van der Waals surface area (Å²) in [6.07, 6.45) is 11.4. The number of benzene rings is 1. The highest BCUT2D eigenvalue weighted by Gasteiger charge is 2.37. The zero-order valence-electron chi connectivity index (χ0n) is 24.7. The Morgan fingerprint density at radius 1 is 1.15 bits per heavy atom. The molecule has 1 aliphatic heterocycles. The van der Waals surface area contributed by atoms with Gasteiger partial charge in [-0.05, 0) is 94.2 Å². The quantitative estimate of drug-likeness (QED) is 0.416. The van der Waals surface area contributed by atoms with Gasteiger partial charge in [-0.15, -0.1) is 0 Å². The second kappa shape index (κ2) is 12.0. The van der Waals surface area contributed by atoms with Gasteiger partial charge in [-0.25, -0.2) is 0 Å². The number of esters is 1. The number of primary amides is 1. The molecule has 1 unspecified atom stereocenters. The third-order valence-corrected chi connectivity index (χ3v) is 8.81. The van der Waals surface area contributed by atoms with E-state index in [2.05, 4.69) is 31.3 Å². The van der Waals surface area contributed by atoms with Crippen LogP contribution in [0.5, 0.6) is 0 Å². The second-order valence-electron chi connectivity index (χ2n) is 13.9. The van der Waals surface area contributed by atoms with Crippen molar-refractivity contribution in [1.29, 1.82) is 0 Å². The number of nitrogens with zero attached hydrogens (tertiary/aromatic N) is 1. The number of nitrogens with one attached hydrogen (secondary N) is 1. The topological polar surface area (TPSA) is 102 Å². The molecule has 0 bridgehead atoms. The van der Waals surface area contributed by atoms with Gasteiger partial charge in [0, 0.05) is 30.6 Å². The van der Waals surface area contributed by atoms with Crippen molar-refractivity contribution in [2.45, 2.75) is 136 Å². The molecule has 2 saturated carbocycles. The molecule has 0 spiro atoms. The lowest BCUT2D eigenvalue weighted by molar-refractivity contribution is -0.155. The molecule has 3 aliphatic rings. The fourth-order valence-corrected chi connectivity index (χ4v) is 6.99. The van der Waals surface area contributed by atoms with E-state index in [9.17, 15) is 14.4 Å². The summed E-state index contributed by atoms with van der Waals surface area (Å²) in [7, 11) is 0. The largest absolute Gasteiger partial charge is 0.460 e. The first kappa shape index (κ1) is 29.6. The van der Waals surface area contributed by atoms with E-state index in [-0.39, 0.29) is 18.7 Å². The van der Waals surface area contributed by atoms with Crippen molar-refractivity contribution in [1.82, 2.24) is 10.2 Å². The van der Waals surface area contributed by atoms with Crippen LogP contribution in [0, 0.1) is 11.3 Å². The standard InChI is InChI=1S/C32H49N3O4/c1-31(2,3)39-28(36)15-14-27(29(33)37)35-20-23-18-21(12-13-25(23)30(35)38)17-22-9-6-7-11-26(22)34-24-10-8-16-32(4,5)19-24/h12-13,18,22,24,26-27,34H,6-11,14-17,19-20H2,1-5H3,(H2,33,37)/t22-,24?,26+,27+/m1/s1. The lowest BCUT2D eigenvalue weighted by Gasteiger charge is -2.41. The number of hydrogen-bond acceptors (Lipinski definition) is 5. The van der Waals surface area contributed by atoms with Gasteiger partial charge in [0.1, 0.15) is 11.6 Å². The Kier molecular flexibility index (Phi) is 9.09. The van der Waals surface area contributed by atoms with Crippen molar-refractivity contribution < 1.29 is 19.1 Å². The maximum Gasteiger partial charge on any atom is 0.306 e. The van der Waals surface area contributed by atoms with E-state index in [0.717, 1.165) is 12.0 Å². The van der Waals surface area contributed by atoms with Crippen LogP contribution < -0.4 is 11.1 Å². The lowest BCUT2D eigenvalue weighted by Crippen LogP contribution is -2.47. The minimum absolute atomic E-state index is 0.0322. The molecule has 4 atom stereocenters. The Hall–Kier alpha value is -2.41. The zero-order valence-corrected chi connectivity index (χ0v) is 24.7. The summed E-state index contributed by atoms with van der Waals surface area (Å²) in [5.74, 6) is -0.599. The van der Waals surface area contributed by atoms with Gasteiger partial charge in [0.05, 0.1) is 0 Å². The molecule has 39 heavy (non-hydrogen) atoms. The Labute approximate surface area is 234 Å². The number of amides is 2. The fraction of sp³-hybridized carbons (Fsp3) is 0.719. The first-order valence-electron chi connectivity index (χ1n) is 15.0. The maximum absolute atomic E-state index is 13.2. The highest BCUT2D eigenvalue weighted by molar-refractivity contribution is 6.01. The molecule has 7 nitrogen and oxygen atoms in total. The Balaban J connectivity index is 1.40. The number of ether oxygens (including phenoxy) is 1. The van der Waals surface area contributed by atoms with E-state index < -0.39 is 23.5 Å². The molecule has 0 saturated heterocycles. The number of nitrogens with two attached hydrogens (primary N) is 1. The van der Waals surface area contributed by atoms with E-state index in [1.165, 1.54) is 61.8 Å². The van der Waals surface area contributed by atoms with Crippen molar-refractivity contribution in [3.8, 4) is 0 Å². The van der Waals surface area contributed by atoms with Crippen LogP contribution in [-0.2, 0) is 27.3 Å². The van der Waals surface area contributed by atoms with E-state index in [1.54, 1.807) is 20.8 Å². The molecule has 2 amide bonds. The van der Waals surface area contributed by atoms with Crippen molar-refractivity contribution in [2.24, 2.45) is 17.1 Å². The first-order valence-corrected chi connectivity index (χ1v) is 15.0. The molecule has 2 aliphatic carbocycles. The normalized spacial score (nSPS) is 25.7. The predicted octanol–water partition coefficient (Wildman–Crippen LogP) is 5.28. The summed E-state index contributed by atoms with van der Waals surface area (Å²) < 4.78 is 5.37. The molecule has 0 radical (unpaired) electrons. The minimum Gasteiger partial charge on any atom is -0.460 e. The summed E-state index contributed by atoms with van der Waals surface area (Å²) in [5, 5.41) is 4.06. The van der Waals surface area contributed by atoms with E-state index >= 15 is 0 Å². The summed E-state index contributed by atoms with van der Waals surface area (Å²) in [6.45, 7) is 10.5. The van der Waals surface area contributed by atoms with E-state index in [4.69, 9.17) is 10.5 Å². The van der Waals surface area contributed by atoms with Crippen LogP contribution in [0.3, 0.4) is 0 Å². The first-order chi connectivity index (χ1) is 18.3. The number of rotatable bonds is 9. The van der Waals surface area contributed by atoms with Crippen molar-refractivity contribution >= 4 is 17.8 Å². The smallest absolute Gasteiger partial charge is 0.306 e. The monoisotopic (exact) mass is 539 g/mol. The average Bonchev–Trinajstić information content (AvgIpc) is 3.14. The van der Waals surface area contributed by atoms with Crippen molar-refractivity contribution in [3.05, 3.63) is 34.9 Å². The molecule has 1 aromatic carbocycles. The van der Waals surface area contributed by atoms with Crippen LogP contribution >= 0.6 is 0 Å². The highest BCUT2D eigenvalue weighted by atomic mass is 16.6. The summed E-state index contributed by atoms with van der Waals surface area (Å²) >= 11 is 0. The van der Waals surface area contributed by atoms with Gasteiger partial charge in [-0.1, -0.05) is 45.2 Å². The van der Waals surface area contributed by atoms with Gasteiger partial charge in [0.15, 0.2) is 0 Å². The van der Waals surface area contributed by atoms with Gasteiger partial charge in [0.2, 0.25) is 5.91 Å². The van der Waals surface area contributed by atoms with E-state index in [1.807, 2.05) is 6.07 Å². The molecule has 3 N–H and O–H groups in total. The lowest BCUT2D eigenvalue weighted by atomic mass is 9.74. The molecule has 2 fully saturated rings. The molecule has 216 valence electrons. The second-order valence-corrected chi connectivity index (χ2v) is 13.9. The van der Waals surface area contributed by atoms with Crippen LogP contribution in [0.2, 0.25) is 0 Å². The van der Waals surface area contributed by atoms with Crippen LogP contribution in [0.1, 0.15) is 120 Å². The van der Waals surface area contributed by atoms with Gasteiger partial charge in [-0.2, -0.15) is 0 Å². The predicted molar refractivity (Wildman–Crippen MR) is 153 cm³/mol. The van der Waals surface area contributed by atoms with Crippen LogP contribution in [0.15, 0.2) is 18.2 Å². The summed E-state index contributed by atoms with van der Waals surface area (Å²) in [6, 6.07) is 6.44. The van der Waals surface area contributed by atoms with Crippen LogP contribution in [0.4, 0.5) is 0 Å². The third kappa shape index (κ3) is 7.84. The highest BCUT2D eigenvalue weighted by Crippen LogP contribution is 2.37. The molecule has 4 rings (SSSR count). The van der Waals surface area contributed by atoms with Crippen LogP contribution in [-0.4, -0.2) is 46.4 Å². The molecule has 7 heteroatoms. The Bertz CT molecular complexity index is 1060. The van der Waals surface area contributed by atoms with Crippen LogP contribution in [0.25, 0.3) is 0 Å². The number of carbonyl (C=O) groups excluding carboxylic acids is 3. The van der Waals surface area contributed by atoms with Gasteiger partial charge in [-0.3, -0.25) is 14.4 Å². The zero-order chi connectivity index (χ0) is 28.4. The molecule has 1 heterocycles. The number of fused-ring (bicyclic) bond motifs is 1. The maximum atomic E-state index is 13.2. The molecular formula is C32H49N3O4. The Morgan fingerprint density at radius 3 is 2.59 bits per heavy atom. The number of carbonyl (C=O) groups is 3. The van der Waals surface area contributed by atoms with Gasteiger partial charge >= 0.3 is 5.97 Å². The molecular weight excluding hydrogens is 490 g/mol. The minimum atomic E-state index is -0.840. The van der Waals surface area contributed by atoms with Gasteiger partial charge in [0.25, 0.3) is 5.91 Å². The van der Waals surface area contributed by atoms with Crippen molar-refractivity contribution in [3.63, 3.8) is 0 Å². The SMILES string of the molecule is CC1(C)CCCC(N[C@H]2CCCC[C@@H]2Cc2ccc3c(c2)CN([C@@H](CCC(=O)OC(C)(C)C)C(N)=O)C3=O)C1. The molecule has 0 aromatic heterocycles. The Morgan fingerprint density at radius 2 is 1.90 bits per heavy atom. The molecule has 1 aromatic rings. The fourth-order valence-electron chi connectivity index (χ4n) is 6.99. The average molecular weight is 540 g/mol. The third-order valence-electron chi connectivity index (χ3n) is 8.81. The van der Waals surface area contributed by atoms with E-state index in [0.29, 0.717) is 35.5 Å². The number of hydrogen-bond donors (Lipinski definition) is 2. The summed E-state index contributed by atoms with van der Waals surface area (Å²) in [5.41, 5.74) is 8.34.